The van der Waals surface area contributed by atoms with Crippen LogP contribution in [0.5, 0.6) is 0 Å². The zero-order valence-corrected chi connectivity index (χ0v) is 12.9. The van der Waals surface area contributed by atoms with Gasteiger partial charge in [0.25, 0.3) is 0 Å². The number of piperidine rings is 1. The van der Waals surface area contributed by atoms with Crippen molar-refractivity contribution in [1.29, 1.82) is 0 Å². The fraction of sp³-hybridized carbons (Fsp3) is 0.667. The summed E-state index contributed by atoms with van der Waals surface area (Å²) in [4.78, 5) is 2.57. The van der Waals surface area contributed by atoms with Gasteiger partial charge in [0.1, 0.15) is 0 Å². The van der Waals surface area contributed by atoms with Gasteiger partial charge in [0.05, 0.1) is 6.10 Å². The van der Waals surface area contributed by atoms with Crippen molar-refractivity contribution in [1.82, 2.24) is 10.2 Å². The van der Waals surface area contributed by atoms with Gasteiger partial charge in [0.15, 0.2) is 0 Å². The molecule has 1 saturated carbocycles. The molecule has 116 valence electrons. The second-order valence-electron chi connectivity index (χ2n) is 6.66. The van der Waals surface area contributed by atoms with Crippen LogP contribution in [0.1, 0.15) is 31.2 Å². The molecule has 2 fully saturated rings. The second kappa shape index (κ2) is 7.39. The van der Waals surface area contributed by atoms with Crippen LogP contribution in [0.25, 0.3) is 0 Å². The van der Waals surface area contributed by atoms with E-state index in [2.05, 4.69) is 40.5 Å². The Hall–Kier alpha value is -0.900. The Balaban J connectivity index is 1.31. The fourth-order valence-corrected chi connectivity index (χ4v) is 3.23. The molecule has 1 atom stereocenters. The van der Waals surface area contributed by atoms with Crippen molar-refractivity contribution in [2.45, 2.75) is 44.2 Å². The van der Waals surface area contributed by atoms with Crippen LogP contribution in [0.3, 0.4) is 0 Å². The first kappa shape index (κ1) is 15.0. The van der Waals surface area contributed by atoms with Crippen molar-refractivity contribution in [3.63, 3.8) is 0 Å². The van der Waals surface area contributed by atoms with Crippen molar-refractivity contribution in [2.24, 2.45) is 5.92 Å². The highest BCUT2D eigenvalue weighted by Gasteiger charge is 2.30. The number of hydrogen-bond acceptors (Lipinski definition) is 3. The summed E-state index contributed by atoms with van der Waals surface area (Å²) in [6.45, 7) is 4.33. The molecule has 0 amide bonds. The summed E-state index contributed by atoms with van der Waals surface area (Å²) >= 11 is 0. The van der Waals surface area contributed by atoms with Crippen LogP contribution in [0, 0.1) is 5.92 Å². The second-order valence-corrected chi connectivity index (χ2v) is 6.66. The molecule has 1 aliphatic carbocycles. The third-order valence-corrected chi connectivity index (χ3v) is 4.93. The Morgan fingerprint density at radius 1 is 1.10 bits per heavy atom. The van der Waals surface area contributed by atoms with Gasteiger partial charge in [-0.05, 0) is 56.7 Å². The van der Waals surface area contributed by atoms with Crippen LogP contribution in [0.15, 0.2) is 30.3 Å². The standard InChI is InChI=1S/C18H28N2O/c21-18(16-6-7-16)14-19-17-9-12-20(13-10-17)11-8-15-4-2-1-3-5-15/h1-5,16-19,21H,6-14H2. The van der Waals surface area contributed by atoms with Crippen LogP contribution >= 0.6 is 0 Å². The molecule has 2 N–H and O–H groups in total. The van der Waals surface area contributed by atoms with Crippen LogP contribution in [0.4, 0.5) is 0 Å². The molecule has 0 spiro atoms. The predicted octanol–water partition coefficient (Wildman–Crippen LogP) is 2.05. The molecule has 3 nitrogen and oxygen atoms in total. The summed E-state index contributed by atoms with van der Waals surface area (Å²) in [7, 11) is 0. The maximum Gasteiger partial charge on any atom is 0.0692 e. The molecular formula is C18H28N2O. The number of likely N-dealkylation sites (tertiary alicyclic amines) is 1. The lowest BCUT2D eigenvalue weighted by Gasteiger charge is -2.33. The maximum absolute atomic E-state index is 9.91. The molecule has 1 saturated heterocycles. The zero-order chi connectivity index (χ0) is 14.5. The zero-order valence-electron chi connectivity index (χ0n) is 12.9. The molecule has 21 heavy (non-hydrogen) atoms. The summed E-state index contributed by atoms with van der Waals surface area (Å²) in [5.41, 5.74) is 1.44. The Morgan fingerprint density at radius 2 is 1.81 bits per heavy atom. The van der Waals surface area contributed by atoms with Gasteiger partial charge < -0.3 is 15.3 Å². The molecule has 1 aromatic carbocycles. The average Bonchev–Trinajstić information content (AvgIpc) is 3.37. The van der Waals surface area contributed by atoms with Gasteiger partial charge >= 0.3 is 0 Å². The van der Waals surface area contributed by atoms with Crippen LogP contribution in [-0.2, 0) is 6.42 Å². The van der Waals surface area contributed by atoms with Crippen molar-refractivity contribution in [2.75, 3.05) is 26.2 Å². The summed E-state index contributed by atoms with van der Waals surface area (Å²) < 4.78 is 0. The van der Waals surface area contributed by atoms with Gasteiger partial charge in [0.2, 0.25) is 0 Å². The van der Waals surface area contributed by atoms with E-state index in [1.165, 1.54) is 50.9 Å². The highest BCUT2D eigenvalue weighted by atomic mass is 16.3. The normalized spacial score (nSPS) is 22.3. The Kier molecular flexibility index (Phi) is 5.28. The molecule has 0 aromatic heterocycles. The lowest BCUT2D eigenvalue weighted by Crippen LogP contribution is -2.45. The summed E-state index contributed by atoms with van der Waals surface area (Å²) in [6, 6.07) is 11.4. The smallest absolute Gasteiger partial charge is 0.0692 e. The Morgan fingerprint density at radius 3 is 2.48 bits per heavy atom. The summed E-state index contributed by atoms with van der Waals surface area (Å²) in [5, 5.41) is 13.5. The molecule has 1 heterocycles. The van der Waals surface area contributed by atoms with Gasteiger partial charge in [0, 0.05) is 19.1 Å². The minimum absolute atomic E-state index is 0.110. The first-order chi connectivity index (χ1) is 10.3. The van der Waals surface area contributed by atoms with E-state index >= 15 is 0 Å². The quantitative estimate of drug-likeness (QED) is 0.806. The third kappa shape index (κ3) is 4.80. The minimum atomic E-state index is -0.110. The minimum Gasteiger partial charge on any atom is -0.392 e. The number of aliphatic hydroxyl groups is 1. The molecular weight excluding hydrogens is 260 g/mol. The van der Waals surface area contributed by atoms with E-state index in [9.17, 15) is 5.11 Å². The van der Waals surface area contributed by atoms with E-state index in [0.29, 0.717) is 12.0 Å². The van der Waals surface area contributed by atoms with Gasteiger partial charge in [-0.2, -0.15) is 0 Å². The summed E-state index contributed by atoms with van der Waals surface area (Å²) in [6.07, 6.45) is 5.92. The molecule has 2 aliphatic rings. The van der Waals surface area contributed by atoms with Gasteiger partial charge in [-0.3, -0.25) is 0 Å². The number of hydrogen-bond donors (Lipinski definition) is 2. The predicted molar refractivity (Wildman–Crippen MR) is 86.3 cm³/mol. The lowest BCUT2D eigenvalue weighted by atomic mass is 10.0. The number of nitrogens with one attached hydrogen (secondary N) is 1. The van der Waals surface area contributed by atoms with Gasteiger partial charge in [-0.1, -0.05) is 30.3 Å². The molecule has 3 heteroatoms. The maximum atomic E-state index is 9.91. The third-order valence-electron chi connectivity index (χ3n) is 4.93. The van der Waals surface area contributed by atoms with Crippen LogP contribution in [0.2, 0.25) is 0 Å². The Bertz CT molecular complexity index is 410. The van der Waals surface area contributed by atoms with E-state index in [0.717, 1.165) is 13.0 Å². The fourth-order valence-electron chi connectivity index (χ4n) is 3.23. The summed E-state index contributed by atoms with van der Waals surface area (Å²) in [5.74, 6) is 0.587. The lowest BCUT2D eigenvalue weighted by molar-refractivity contribution is 0.133. The first-order valence-corrected chi connectivity index (χ1v) is 8.49. The SMILES string of the molecule is OC(CNC1CCN(CCc2ccccc2)CC1)C1CC1. The van der Waals surface area contributed by atoms with Crippen LogP contribution < -0.4 is 5.32 Å². The van der Waals surface area contributed by atoms with E-state index < -0.39 is 0 Å². The molecule has 0 bridgehead atoms. The molecule has 3 rings (SSSR count). The monoisotopic (exact) mass is 288 g/mol. The number of rotatable bonds is 7. The Labute approximate surface area is 128 Å². The van der Waals surface area contributed by atoms with E-state index in [4.69, 9.17) is 0 Å². The highest BCUT2D eigenvalue weighted by molar-refractivity contribution is 5.14. The van der Waals surface area contributed by atoms with Crippen molar-refractivity contribution in [3.05, 3.63) is 35.9 Å². The van der Waals surface area contributed by atoms with Gasteiger partial charge in [-0.15, -0.1) is 0 Å². The van der Waals surface area contributed by atoms with Crippen LogP contribution in [-0.4, -0.2) is 48.3 Å². The number of nitrogens with zero attached hydrogens (tertiary/aromatic N) is 1. The largest absolute Gasteiger partial charge is 0.392 e. The van der Waals surface area contributed by atoms with E-state index in [1.54, 1.807) is 0 Å². The van der Waals surface area contributed by atoms with E-state index in [1.807, 2.05) is 0 Å². The highest BCUT2D eigenvalue weighted by Crippen LogP contribution is 2.32. The van der Waals surface area contributed by atoms with Gasteiger partial charge in [-0.25, -0.2) is 0 Å². The average molecular weight is 288 g/mol. The molecule has 1 aromatic rings. The molecule has 0 radical (unpaired) electrons. The topological polar surface area (TPSA) is 35.5 Å². The van der Waals surface area contributed by atoms with Crippen molar-refractivity contribution in [3.8, 4) is 0 Å². The van der Waals surface area contributed by atoms with Crippen molar-refractivity contribution >= 4 is 0 Å². The van der Waals surface area contributed by atoms with E-state index in [-0.39, 0.29) is 6.10 Å². The molecule has 1 aliphatic heterocycles. The first-order valence-electron chi connectivity index (χ1n) is 8.49. The number of benzene rings is 1. The number of aliphatic hydroxyl groups excluding tert-OH is 1. The molecule has 1 unspecified atom stereocenters. The van der Waals surface area contributed by atoms with Crippen molar-refractivity contribution < 1.29 is 5.11 Å².